The molecule has 0 saturated heterocycles. The number of aryl methyl sites for hydroxylation is 1. The molecule has 0 aliphatic heterocycles. The van der Waals surface area contributed by atoms with Gasteiger partial charge in [-0.05, 0) is 18.4 Å². The van der Waals surface area contributed by atoms with Crippen LogP contribution in [0.2, 0.25) is 0 Å². The normalized spacial score (nSPS) is 12.5. The summed E-state index contributed by atoms with van der Waals surface area (Å²) < 4.78 is 0.961. The van der Waals surface area contributed by atoms with E-state index in [2.05, 4.69) is 41.4 Å². The SMILES string of the molecule is CC(CCc1ccccc1)Sc1nnc(N)s1. The molecule has 0 saturated carbocycles. The van der Waals surface area contributed by atoms with Gasteiger partial charge in [0.2, 0.25) is 5.13 Å². The molecule has 1 atom stereocenters. The van der Waals surface area contributed by atoms with Gasteiger partial charge >= 0.3 is 0 Å². The Morgan fingerprint density at radius 3 is 2.71 bits per heavy atom. The Kier molecular flexibility index (Phi) is 4.39. The van der Waals surface area contributed by atoms with E-state index >= 15 is 0 Å². The molecule has 1 unspecified atom stereocenters. The topological polar surface area (TPSA) is 51.8 Å². The molecule has 1 aromatic heterocycles. The Balaban J connectivity index is 1.80. The molecule has 0 aliphatic rings. The Morgan fingerprint density at radius 2 is 2.06 bits per heavy atom. The van der Waals surface area contributed by atoms with Crippen LogP contribution in [0.1, 0.15) is 18.9 Å². The quantitative estimate of drug-likeness (QED) is 0.843. The van der Waals surface area contributed by atoms with E-state index < -0.39 is 0 Å². The van der Waals surface area contributed by atoms with Crippen LogP contribution in [0.3, 0.4) is 0 Å². The molecule has 90 valence electrons. The van der Waals surface area contributed by atoms with Gasteiger partial charge in [0.15, 0.2) is 4.34 Å². The second-order valence-electron chi connectivity index (χ2n) is 3.86. The van der Waals surface area contributed by atoms with Gasteiger partial charge in [0.1, 0.15) is 0 Å². The maximum absolute atomic E-state index is 5.55. The molecule has 0 fully saturated rings. The van der Waals surface area contributed by atoms with E-state index in [0.717, 1.165) is 17.2 Å². The van der Waals surface area contributed by atoms with Gasteiger partial charge in [0, 0.05) is 5.25 Å². The average Bonchev–Trinajstić information content (AvgIpc) is 2.73. The molecular formula is C12H15N3S2. The van der Waals surface area contributed by atoms with Crippen molar-refractivity contribution < 1.29 is 0 Å². The molecule has 3 nitrogen and oxygen atoms in total. The zero-order chi connectivity index (χ0) is 12.1. The maximum atomic E-state index is 5.55. The fourth-order valence-corrected chi connectivity index (χ4v) is 3.47. The number of benzene rings is 1. The van der Waals surface area contributed by atoms with E-state index in [1.165, 1.54) is 16.9 Å². The molecule has 1 aromatic carbocycles. The number of aromatic nitrogens is 2. The predicted octanol–water partition coefficient (Wildman–Crippen LogP) is 3.23. The standard InChI is InChI=1S/C12H15N3S2/c1-9(16-12-15-14-11(13)17-12)7-8-10-5-3-2-4-6-10/h2-6,9H,7-8H2,1H3,(H2,13,14). The Hall–Kier alpha value is -1.07. The smallest absolute Gasteiger partial charge is 0.203 e. The zero-order valence-electron chi connectivity index (χ0n) is 9.67. The number of hydrogen-bond donors (Lipinski definition) is 1. The molecule has 5 heteroatoms. The van der Waals surface area contributed by atoms with Crippen LogP contribution in [-0.4, -0.2) is 15.4 Å². The summed E-state index contributed by atoms with van der Waals surface area (Å²) in [6.07, 6.45) is 2.23. The van der Waals surface area contributed by atoms with Crippen molar-refractivity contribution in [1.29, 1.82) is 0 Å². The molecule has 0 spiro atoms. The molecule has 2 aromatic rings. The monoisotopic (exact) mass is 265 g/mol. The minimum Gasteiger partial charge on any atom is -0.374 e. The van der Waals surface area contributed by atoms with Gasteiger partial charge in [-0.25, -0.2) is 0 Å². The van der Waals surface area contributed by atoms with Gasteiger partial charge in [-0.3, -0.25) is 0 Å². The summed E-state index contributed by atoms with van der Waals surface area (Å²) in [4.78, 5) is 0. The number of hydrogen-bond acceptors (Lipinski definition) is 5. The lowest BCUT2D eigenvalue weighted by atomic mass is 10.1. The lowest BCUT2D eigenvalue weighted by Gasteiger charge is -2.08. The summed E-state index contributed by atoms with van der Waals surface area (Å²) in [5.41, 5.74) is 6.94. The molecule has 1 heterocycles. The molecule has 17 heavy (non-hydrogen) atoms. The van der Waals surface area contributed by atoms with E-state index in [1.54, 1.807) is 11.8 Å². The highest BCUT2D eigenvalue weighted by molar-refractivity contribution is 8.01. The third kappa shape index (κ3) is 4.02. The fraction of sp³-hybridized carbons (Fsp3) is 0.333. The van der Waals surface area contributed by atoms with Gasteiger partial charge in [-0.15, -0.1) is 10.2 Å². The van der Waals surface area contributed by atoms with E-state index in [-0.39, 0.29) is 0 Å². The first-order valence-corrected chi connectivity index (χ1v) is 7.23. The highest BCUT2D eigenvalue weighted by atomic mass is 32.2. The van der Waals surface area contributed by atoms with Crippen molar-refractivity contribution in [2.24, 2.45) is 0 Å². The Morgan fingerprint density at radius 1 is 1.29 bits per heavy atom. The van der Waals surface area contributed by atoms with Crippen LogP contribution in [0.4, 0.5) is 5.13 Å². The molecule has 2 rings (SSSR count). The van der Waals surface area contributed by atoms with Crippen LogP contribution >= 0.6 is 23.1 Å². The van der Waals surface area contributed by atoms with Crippen LogP contribution in [0.15, 0.2) is 34.7 Å². The van der Waals surface area contributed by atoms with Crippen LogP contribution in [-0.2, 0) is 6.42 Å². The van der Waals surface area contributed by atoms with Gasteiger partial charge in [0.25, 0.3) is 0 Å². The van der Waals surface area contributed by atoms with Crippen LogP contribution in [0, 0.1) is 0 Å². The zero-order valence-corrected chi connectivity index (χ0v) is 11.3. The molecule has 0 amide bonds. The first-order chi connectivity index (χ1) is 8.24. The number of anilines is 1. The van der Waals surface area contributed by atoms with E-state index in [0.29, 0.717) is 10.4 Å². The predicted molar refractivity (Wildman–Crippen MR) is 74.4 cm³/mol. The highest BCUT2D eigenvalue weighted by Gasteiger charge is 2.08. The number of nitrogens with two attached hydrogens (primary N) is 1. The van der Waals surface area contributed by atoms with Gasteiger partial charge in [0.05, 0.1) is 0 Å². The minimum absolute atomic E-state index is 0.530. The van der Waals surface area contributed by atoms with E-state index in [4.69, 9.17) is 5.73 Å². The van der Waals surface area contributed by atoms with Gasteiger partial charge in [-0.2, -0.15) is 0 Å². The maximum Gasteiger partial charge on any atom is 0.203 e. The summed E-state index contributed by atoms with van der Waals surface area (Å²) in [5.74, 6) is 0. The van der Waals surface area contributed by atoms with Crippen LogP contribution in [0.25, 0.3) is 0 Å². The van der Waals surface area contributed by atoms with Crippen molar-refractivity contribution in [2.75, 3.05) is 5.73 Å². The molecule has 0 radical (unpaired) electrons. The fourth-order valence-electron chi connectivity index (χ4n) is 1.51. The third-order valence-electron chi connectivity index (χ3n) is 2.41. The summed E-state index contributed by atoms with van der Waals surface area (Å²) in [6, 6.07) is 10.5. The van der Waals surface area contributed by atoms with Gasteiger partial charge in [-0.1, -0.05) is 60.4 Å². The van der Waals surface area contributed by atoms with Crippen molar-refractivity contribution in [2.45, 2.75) is 29.4 Å². The van der Waals surface area contributed by atoms with Crippen molar-refractivity contribution in [1.82, 2.24) is 10.2 Å². The molecule has 2 N–H and O–H groups in total. The second-order valence-corrected chi connectivity index (χ2v) is 6.55. The van der Waals surface area contributed by atoms with Crippen LogP contribution < -0.4 is 5.73 Å². The van der Waals surface area contributed by atoms with Crippen LogP contribution in [0.5, 0.6) is 0 Å². The highest BCUT2D eigenvalue weighted by Crippen LogP contribution is 2.29. The summed E-state index contributed by atoms with van der Waals surface area (Å²) in [5, 5.41) is 8.91. The van der Waals surface area contributed by atoms with Crippen molar-refractivity contribution in [3.05, 3.63) is 35.9 Å². The first kappa shape index (κ1) is 12.4. The number of rotatable bonds is 5. The molecule has 0 aliphatic carbocycles. The Bertz CT molecular complexity index is 456. The summed E-state index contributed by atoms with van der Waals surface area (Å²) in [6.45, 7) is 2.21. The number of thioether (sulfide) groups is 1. The molecular weight excluding hydrogens is 250 g/mol. The molecule has 0 bridgehead atoms. The second kappa shape index (κ2) is 6.02. The summed E-state index contributed by atoms with van der Waals surface area (Å²) >= 11 is 3.20. The minimum atomic E-state index is 0.530. The largest absolute Gasteiger partial charge is 0.374 e. The lowest BCUT2D eigenvalue weighted by Crippen LogP contribution is -1.98. The van der Waals surface area contributed by atoms with Crippen molar-refractivity contribution >= 4 is 28.2 Å². The van der Waals surface area contributed by atoms with Crippen molar-refractivity contribution in [3.8, 4) is 0 Å². The number of nitrogens with zero attached hydrogens (tertiary/aromatic N) is 2. The van der Waals surface area contributed by atoms with Crippen molar-refractivity contribution in [3.63, 3.8) is 0 Å². The summed E-state index contributed by atoms with van der Waals surface area (Å²) in [7, 11) is 0. The third-order valence-corrected chi connectivity index (χ3v) is 4.41. The average molecular weight is 265 g/mol. The Labute approximate surface area is 109 Å². The van der Waals surface area contributed by atoms with Gasteiger partial charge < -0.3 is 5.73 Å². The van der Waals surface area contributed by atoms with E-state index in [1.807, 2.05) is 6.07 Å². The van der Waals surface area contributed by atoms with E-state index in [9.17, 15) is 0 Å². The number of nitrogen functional groups attached to an aromatic ring is 1. The first-order valence-electron chi connectivity index (χ1n) is 5.53. The lowest BCUT2D eigenvalue weighted by molar-refractivity contribution is 0.809.